The molecule has 0 radical (unpaired) electrons. The SMILES string of the molecule is CSc1ccc(/C(C#N)=C/C#N)s1. The van der Waals surface area contributed by atoms with Gasteiger partial charge in [0.2, 0.25) is 0 Å². The van der Waals surface area contributed by atoms with Gasteiger partial charge in [-0.1, -0.05) is 0 Å². The van der Waals surface area contributed by atoms with Crippen molar-refractivity contribution in [2.45, 2.75) is 4.21 Å². The topological polar surface area (TPSA) is 47.6 Å². The van der Waals surface area contributed by atoms with Crippen molar-refractivity contribution in [1.29, 1.82) is 10.5 Å². The third-order valence-electron chi connectivity index (χ3n) is 1.38. The normalized spacial score (nSPS) is 10.5. The number of hydrogen-bond acceptors (Lipinski definition) is 4. The van der Waals surface area contributed by atoms with Gasteiger partial charge in [0.1, 0.15) is 6.07 Å². The van der Waals surface area contributed by atoms with Crippen molar-refractivity contribution < 1.29 is 0 Å². The van der Waals surface area contributed by atoms with E-state index < -0.39 is 0 Å². The van der Waals surface area contributed by atoms with Gasteiger partial charge in [0.15, 0.2) is 0 Å². The Balaban J connectivity index is 3.02. The summed E-state index contributed by atoms with van der Waals surface area (Å²) in [6, 6.07) is 7.67. The standard InChI is InChI=1S/C9H6N2S2/c1-12-9-3-2-8(13-9)7(6-11)4-5-10/h2-4H,1H3/b7-4+. The van der Waals surface area contributed by atoms with E-state index in [0.29, 0.717) is 5.57 Å². The second-order valence-corrected chi connectivity index (χ2v) is 4.31. The molecule has 0 spiro atoms. The number of thioether (sulfide) groups is 1. The summed E-state index contributed by atoms with van der Waals surface area (Å²) in [6.07, 6.45) is 3.26. The molecule has 2 nitrogen and oxygen atoms in total. The summed E-state index contributed by atoms with van der Waals surface area (Å²) in [4.78, 5) is 0.855. The van der Waals surface area contributed by atoms with Gasteiger partial charge < -0.3 is 0 Å². The van der Waals surface area contributed by atoms with E-state index in [2.05, 4.69) is 0 Å². The Morgan fingerprint density at radius 1 is 1.54 bits per heavy atom. The van der Waals surface area contributed by atoms with Crippen LogP contribution in [0, 0.1) is 22.7 Å². The van der Waals surface area contributed by atoms with Gasteiger partial charge in [0, 0.05) is 11.0 Å². The molecule has 0 amide bonds. The number of nitriles is 2. The lowest BCUT2D eigenvalue weighted by Crippen LogP contribution is -1.71. The molecule has 0 aliphatic carbocycles. The fraction of sp³-hybridized carbons (Fsp3) is 0.111. The van der Waals surface area contributed by atoms with E-state index in [4.69, 9.17) is 10.5 Å². The number of allylic oxidation sites excluding steroid dienone is 2. The van der Waals surface area contributed by atoms with Crippen molar-refractivity contribution in [2.24, 2.45) is 0 Å². The van der Waals surface area contributed by atoms with Crippen molar-refractivity contribution in [3.8, 4) is 12.1 Å². The Labute approximate surface area is 85.1 Å². The predicted molar refractivity (Wildman–Crippen MR) is 55.3 cm³/mol. The fourth-order valence-corrected chi connectivity index (χ4v) is 2.31. The zero-order valence-corrected chi connectivity index (χ0v) is 8.58. The van der Waals surface area contributed by atoms with Crippen LogP contribution in [0.15, 0.2) is 22.4 Å². The summed E-state index contributed by atoms with van der Waals surface area (Å²) in [5.41, 5.74) is 0.438. The van der Waals surface area contributed by atoms with Crippen LogP contribution < -0.4 is 0 Å². The Morgan fingerprint density at radius 2 is 2.31 bits per heavy atom. The Bertz CT molecular complexity index is 404. The number of rotatable bonds is 2. The molecule has 0 fully saturated rings. The van der Waals surface area contributed by atoms with Gasteiger partial charge in [0.25, 0.3) is 0 Å². The van der Waals surface area contributed by atoms with Crippen LogP contribution in [0.25, 0.3) is 5.57 Å². The highest BCUT2D eigenvalue weighted by Crippen LogP contribution is 2.29. The van der Waals surface area contributed by atoms with Crippen LogP contribution >= 0.6 is 23.1 Å². The fourth-order valence-electron chi connectivity index (χ4n) is 0.798. The maximum Gasteiger partial charge on any atom is 0.101 e. The van der Waals surface area contributed by atoms with E-state index in [9.17, 15) is 0 Å². The van der Waals surface area contributed by atoms with Gasteiger partial charge in [-0.3, -0.25) is 0 Å². The van der Waals surface area contributed by atoms with E-state index in [1.807, 2.05) is 30.5 Å². The van der Waals surface area contributed by atoms with Crippen molar-refractivity contribution in [1.82, 2.24) is 0 Å². The molecule has 64 valence electrons. The molecule has 1 aromatic rings. The van der Waals surface area contributed by atoms with E-state index in [-0.39, 0.29) is 0 Å². The van der Waals surface area contributed by atoms with E-state index in [1.165, 1.54) is 17.4 Å². The Kier molecular flexibility index (Phi) is 3.57. The van der Waals surface area contributed by atoms with Gasteiger partial charge in [-0.25, -0.2) is 0 Å². The summed E-state index contributed by atoms with van der Waals surface area (Å²) in [6.45, 7) is 0. The zero-order chi connectivity index (χ0) is 9.68. The molecule has 0 aliphatic rings. The van der Waals surface area contributed by atoms with Crippen LogP contribution in [-0.2, 0) is 0 Å². The highest BCUT2D eigenvalue weighted by molar-refractivity contribution is 8.00. The lowest BCUT2D eigenvalue weighted by atomic mass is 10.2. The van der Waals surface area contributed by atoms with E-state index >= 15 is 0 Å². The highest BCUT2D eigenvalue weighted by atomic mass is 32.2. The summed E-state index contributed by atoms with van der Waals surface area (Å²) < 4.78 is 1.15. The molecule has 0 aliphatic heterocycles. The molecule has 1 heterocycles. The van der Waals surface area contributed by atoms with Gasteiger partial charge in [0.05, 0.1) is 15.9 Å². The van der Waals surface area contributed by atoms with E-state index in [1.54, 1.807) is 11.8 Å². The third kappa shape index (κ3) is 2.35. The number of nitrogens with zero attached hydrogens (tertiary/aromatic N) is 2. The van der Waals surface area contributed by atoms with Gasteiger partial charge in [-0.05, 0) is 18.4 Å². The van der Waals surface area contributed by atoms with Crippen LogP contribution in [0.2, 0.25) is 0 Å². The maximum absolute atomic E-state index is 8.72. The third-order valence-corrected chi connectivity index (χ3v) is 3.58. The molecule has 13 heavy (non-hydrogen) atoms. The van der Waals surface area contributed by atoms with Crippen molar-refractivity contribution in [2.75, 3.05) is 6.26 Å². The first-order valence-corrected chi connectivity index (χ1v) is 5.50. The molecule has 0 unspecified atom stereocenters. The average molecular weight is 206 g/mol. The van der Waals surface area contributed by atoms with Crippen LogP contribution in [0.1, 0.15) is 4.88 Å². The predicted octanol–water partition coefficient (Wildman–Crippen LogP) is 2.90. The average Bonchev–Trinajstić information content (AvgIpc) is 2.62. The molecule has 1 aromatic heterocycles. The molecule has 0 N–H and O–H groups in total. The molecular weight excluding hydrogens is 200 g/mol. The monoisotopic (exact) mass is 206 g/mol. The molecule has 0 saturated carbocycles. The van der Waals surface area contributed by atoms with Crippen LogP contribution in [-0.4, -0.2) is 6.26 Å². The highest BCUT2D eigenvalue weighted by Gasteiger charge is 2.03. The summed E-state index contributed by atoms with van der Waals surface area (Å²) in [5.74, 6) is 0. The lowest BCUT2D eigenvalue weighted by molar-refractivity contribution is 1.52. The molecule has 0 saturated heterocycles. The first-order valence-electron chi connectivity index (χ1n) is 3.46. The van der Waals surface area contributed by atoms with Crippen molar-refractivity contribution in [3.63, 3.8) is 0 Å². The molecule has 0 aromatic carbocycles. The summed E-state index contributed by atoms with van der Waals surface area (Å²) in [7, 11) is 0. The summed E-state index contributed by atoms with van der Waals surface area (Å²) in [5, 5.41) is 17.1. The quantitative estimate of drug-likeness (QED) is 0.552. The van der Waals surface area contributed by atoms with Gasteiger partial charge >= 0.3 is 0 Å². The molecule has 0 bridgehead atoms. The van der Waals surface area contributed by atoms with Crippen molar-refractivity contribution >= 4 is 28.7 Å². The van der Waals surface area contributed by atoms with Crippen LogP contribution in [0.5, 0.6) is 0 Å². The smallest absolute Gasteiger partial charge is 0.101 e. The minimum absolute atomic E-state index is 0.438. The Hall–Kier alpha value is -1.23. The number of thiophene rings is 1. The van der Waals surface area contributed by atoms with Crippen molar-refractivity contribution in [3.05, 3.63) is 23.1 Å². The molecule has 0 atom stereocenters. The summed E-state index contributed by atoms with van der Waals surface area (Å²) >= 11 is 3.16. The van der Waals surface area contributed by atoms with Crippen LogP contribution in [0.3, 0.4) is 0 Å². The molecule has 1 rings (SSSR count). The van der Waals surface area contributed by atoms with E-state index in [0.717, 1.165) is 9.09 Å². The zero-order valence-electron chi connectivity index (χ0n) is 6.94. The first kappa shape index (κ1) is 9.85. The Morgan fingerprint density at radius 3 is 2.77 bits per heavy atom. The minimum Gasteiger partial charge on any atom is -0.193 e. The van der Waals surface area contributed by atoms with Gasteiger partial charge in [-0.2, -0.15) is 10.5 Å². The molecule has 4 heteroatoms. The minimum atomic E-state index is 0.438. The number of hydrogen-bond donors (Lipinski definition) is 0. The maximum atomic E-state index is 8.72. The molecular formula is C9H6N2S2. The largest absolute Gasteiger partial charge is 0.193 e. The second kappa shape index (κ2) is 4.71. The first-order chi connectivity index (χ1) is 6.31. The lowest BCUT2D eigenvalue weighted by Gasteiger charge is -1.88. The second-order valence-electron chi connectivity index (χ2n) is 2.12. The van der Waals surface area contributed by atoms with Gasteiger partial charge in [-0.15, -0.1) is 23.1 Å². The van der Waals surface area contributed by atoms with Crippen LogP contribution in [0.4, 0.5) is 0 Å².